The van der Waals surface area contributed by atoms with Crippen LogP contribution in [0.1, 0.15) is 36.0 Å². The fourth-order valence-electron chi connectivity index (χ4n) is 5.65. The van der Waals surface area contributed by atoms with Crippen LogP contribution in [0.3, 0.4) is 0 Å². The molecule has 2 atom stereocenters. The summed E-state index contributed by atoms with van der Waals surface area (Å²) in [6, 6.07) is 15.4. The van der Waals surface area contributed by atoms with E-state index in [0.717, 1.165) is 44.6 Å². The average molecular weight is 529 g/mol. The first-order valence-electron chi connectivity index (χ1n) is 12.0. The number of alkyl halides is 3. The second-order valence-electron chi connectivity index (χ2n) is 9.64. The summed E-state index contributed by atoms with van der Waals surface area (Å²) in [6.45, 7) is 6.42. The van der Waals surface area contributed by atoms with Gasteiger partial charge in [-0.25, -0.2) is 0 Å². The molecular formula is C27H33Cl2F3N2O. The first-order valence-corrected chi connectivity index (χ1v) is 12.0. The zero-order chi connectivity index (χ0) is 22.8. The van der Waals surface area contributed by atoms with Gasteiger partial charge in [-0.2, -0.15) is 0 Å². The zero-order valence-electron chi connectivity index (χ0n) is 19.7. The molecule has 2 aliphatic heterocycles. The van der Waals surface area contributed by atoms with Crippen LogP contribution in [-0.4, -0.2) is 48.9 Å². The Bertz CT molecular complexity index is 973. The predicted molar refractivity (Wildman–Crippen MR) is 138 cm³/mol. The van der Waals surface area contributed by atoms with Crippen LogP contribution in [0.15, 0.2) is 54.6 Å². The van der Waals surface area contributed by atoms with Crippen molar-refractivity contribution in [2.45, 2.75) is 38.6 Å². The van der Waals surface area contributed by atoms with E-state index in [2.05, 4.69) is 44.9 Å². The van der Waals surface area contributed by atoms with Gasteiger partial charge in [-0.15, -0.1) is 38.0 Å². The monoisotopic (exact) mass is 528 g/mol. The van der Waals surface area contributed by atoms with Crippen molar-refractivity contribution in [1.29, 1.82) is 0 Å². The molecule has 0 saturated carbocycles. The lowest BCUT2D eigenvalue weighted by Crippen LogP contribution is -2.21. The number of benzene rings is 2. The van der Waals surface area contributed by atoms with Crippen LogP contribution < -0.4 is 4.74 Å². The van der Waals surface area contributed by atoms with Crippen LogP contribution in [0.2, 0.25) is 0 Å². The fourth-order valence-corrected chi connectivity index (χ4v) is 5.65. The maximum Gasteiger partial charge on any atom is 0.573 e. The summed E-state index contributed by atoms with van der Waals surface area (Å²) < 4.78 is 41.1. The third-order valence-electron chi connectivity index (χ3n) is 7.32. The Labute approximate surface area is 218 Å². The Morgan fingerprint density at radius 2 is 1.49 bits per heavy atom. The van der Waals surface area contributed by atoms with Crippen LogP contribution in [0.5, 0.6) is 5.75 Å². The Morgan fingerprint density at radius 1 is 0.829 bits per heavy atom. The van der Waals surface area contributed by atoms with Gasteiger partial charge in [0.15, 0.2) is 0 Å². The van der Waals surface area contributed by atoms with E-state index in [9.17, 15) is 13.2 Å². The lowest BCUT2D eigenvalue weighted by Gasteiger charge is -2.18. The highest BCUT2D eigenvalue weighted by molar-refractivity contribution is 5.85. The summed E-state index contributed by atoms with van der Waals surface area (Å²) in [6.07, 6.45) is 2.66. The SMILES string of the molecule is Cl.Cl.FC(F)(F)Oc1ccc(CN2CC3CC=C(c4ccc(CCN5CCCC5)cc4)C3C2)cc1. The molecule has 192 valence electrons. The van der Waals surface area contributed by atoms with Crippen LogP contribution in [0, 0.1) is 11.8 Å². The summed E-state index contributed by atoms with van der Waals surface area (Å²) in [5.41, 5.74) is 5.22. The molecule has 0 radical (unpaired) electrons. The minimum atomic E-state index is -4.65. The Balaban J connectivity index is 0.00000171. The Morgan fingerprint density at radius 3 is 2.14 bits per heavy atom. The van der Waals surface area contributed by atoms with Crippen molar-refractivity contribution in [3.8, 4) is 5.75 Å². The Kier molecular flexibility index (Phi) is 9.55. The van der Waals surface area contributed by atoms with Crippen molar-refractivity contribution >= 4 is 30.4 Å². The lowest BCUT2D eigenvalue weighted by molar-refractivity contribution is -0.274. The average Bonchev–Trinajstić information content (AvgIpc) is 3.51. The van der Waals surface area contributed by atoms with Gasteiger partial charge in [-0.1, -0.05) is 42.5 Å². The lowest BCUT2D eigenvalue weighted by atomic mass is 9.90. The van der Waals surface area contributed by atoms with Gasteiger partial charge in [0.25, 0.3) is 0 Å². The van der Waals surface area contributed by atoms with Gasteiger partial charge in [0, 0.05) is 32.1 Å². The summed E-state index contributed by atoms with van der Waals surface area (Å²) in [5.74, 6) is 0.995. The molecular weight excluding hydrogens is 496 g/mol. The van der Waals surface area contributed by atoms with E-state index in [1.807, 2.05) is 0 Å². The molecule has 3 aliphatic rings. The highest BCUT2D eigenvalue weighted by atomic mass is 35.5. The van der Waals surface area contributed by atoms with Gasteiger partial charge < -0.3 is 9.64 Å². The Hall–Kier alpha value is -1.73. The topological polar surface area (TPSA) is 15.7 Å². The fraction of sp³-hybridized carbons (Fsp3) is 0.481. The third-order valence-corrected chi connectivity index (χ3v) is 7.32. The molecule has 2 fully saturated rings. The number of fused-ring (bicyclic) bond motifs is 1. The van der Waals surface area contributed by atoms with Crippen molar-refractivity contribution in [3.63, 3.8) is 0 Å². The molecule has 8 heteroatoms. The molecule has 2 unspecified atom stereocenters. The number of nitrogens with zero attached hydrogens (tertiary/aromatic N) is 2. The maximum atomic E-state index is 12.4. The van der Waals surface area contributed by atoms with Gasteiger partial charge >= 0.3 is 6.36 Å². The molecule has 2 heterocycles. The van der Waals surface area contributed by atoms with Crippen molar-refractivity contribution in [2.24, 2.45) is 11.8 Å². The van der Waals surface area contributed by atoms with Crippen LogP contribution in [0.4, 0.5) is 13.2 Å². The summed E-state index contributed by atoms with van der Waals surface area (Å²) >= 11 is 0. The van der Waals surface area contributed by atoms with Gasteiger partial charge in [0.05, 0.1) is 0 Å². The van der Waals surface area contributed by atoms with E-state index in [1.54, 1.807) is 12.1 Å². The number of ether oxygens (including phenoxy) is 1. The van der Waals surface area contributed by atoms with Gasteiger partial charge in [-0.05, 0) is 79.1 Å². The molecule has 2 aromatic carbocycles. The largest absolute Gasteiger partial charge is 0.573 e. The maximum absolute atomic E-state index is 12.4. The molecule has 35 heavy (non-hydrogen) atoms. The second kappa shape index (κ2) is 12.0. The normalized spacial score (nSPS) is 22.3. The van der Waals surface area contributed by atoms with Gasteiger partial charge in [-0.3, -0.25) is 4.90 Å². The molecule has 0 N–H and O–H groups in total. The van der Waals surface area contributed by atoms with E-state index in [0.29, 0.717) is 11.8 Å². The molecule has 2 aromatic rings. The third kappa shape index (κ3) is 7.16. The standard InChI is InChI=1S/C27H31F3N2O.2ClH/c28-27(29,30)33-24-10-5-21(6-11-24)17-32-18-23-9-12-25(26(23)19-32)22-7-3-20(4-8-22)13-16-31-14-1-2-15-31;;/h3-8,10-12,23,26H,1-2,9,13-19H2;2*1H. The quantitative estimate of drug-likeness (QED) is 0.402. The second-order valence-corrected chi connectivity index (χ2v) is 9.64. The number of likely N-dealkylation sites (tertiary alicyclic amines) is 2. The number of hydrogen-bond donors (Lipinski definition) is 0. The van der Waals surface area contributed by atoms with Crippen molar-refractivity contribution in [3.05, 3.63) is 71.3 Å². The summed E-state index contributed by atoms with van der Waals surface area (Å²) in [5, 5.41) is 0. The number of hydrogen-bond acceptors (Lipinski definition) is 3. The highest BCUT2D eigenvalue weighted by Gasteiger charge is 2.38. The number of allylic oxidation sites excluding steroid dienone is 1. The molecule has 3 nitrogen and oxygen atoms in total. The minimum absolute atomic E-state index is 0. The van der Waals surface area contributed by atoms with Crippen LogP contribution in [-0.2, 0) is 13.0 Å². The smallest absolute Gasteiger partial charge is 0.406 e. The molecule has 5 rings (SSSR count). The van der Waals surface area contributed by atoms with Gasteiger partial charge in [0.2, 0.25) is 0 Å². The summed E-state index contributed by atoms with van der Waals surface area (Å²) in [4.78, 5) is 4.98. The predicted octanol–water partition coefficient (Wildman–Crippen LogP) is 6.60. The first-order chi connectivity index (χ1) is 15.9. The highest BCUT2D eigenvalue weighted by Crippen LogP contribution is 2.43. The van der Waals surface area contributed by atoms with E-state index in [4.69, 9.17) is 0 Å². The van der Waals surface area contributed by atoms with Crippen molar-refractivity contribution in [1.82, 2.24) is 9.80 Å². The van der Waals surface area contributed by atoms with E-state index in [-0.39, 0.29) is 30.6 Å². The van der Waals surface area contributed by atoms with E-state index in [1.165, 1.54) is 54.8 Å². The molecule has 1 aliphatic carbocycles. The minimum Gasteiger partial charge on any atom is -0.406 e. The number of rotatable bonds is 7. The molecule has 0 spiro atoms. The van der Waals surface area contributed by atoms with Gasteiger partial charge in [0.1, 0.15) is 5.75 Å². The molecule has 2 saturated heterocycles. The van der Waals surface area contributed by atoms with Crippen molar-refractivity contribution in [2.75, 3.05) is 32.7 Å². The van der Waals surface area contributed by atoms with Crippen LogP contribution >= 0.6 is 24.8 Å². The zero-order valence-corrected chi connectivity index (χ0v) is 21.3. The van der Waals surface area contributed by atoms with E-state index < -0.39 is 6.36 Å². The summed E-state index contributed by atoms with van der Waals surface area (Å²) in [7, 11) is 0. The van der Waals surface area contributed by atoms with E-state index >= 15 is 0 Å². The van der Waals surface area contributed by atoms with Crippen molar-refractivity contribution < 1.29 is 17.9 Å². The first kappa shape index (κ1) is 27.9. The molecule has 0 amide bonds. The van der Waals surface area contributed by atoms with Crippen LogP contribution in [0.25, 0.3) is 5.57 Å². The molecule has 0 bridgehead atoms. The molecule has 0 aromatic heterocycles. The number of halogens is 5.